The molecule has 0 bridgehead atoms. The minimum absolute atomic E-state index is 0. The van der Waals surface area contributed by atoms with Crippen molar-refractivity contribution in [3.8, 4) is 11.5 Å². The van der Waals surface area contributed by atoms with E-state index in [0.717, 1.165) is 18.2 Å². The molecule has 0 heterocycles. The molecule has 0 amide bonds. The Hall–Kier alpha value is 2.73. The van der Waals surface area contributed by atoms with Crippen molar-refractivity contribution in [2.45, 2.75) is 4.90 Å². The number of aromatic hydroxyl groups is 2. The van der Waals surface area contributed by atoms with Gasteiger partial charge in [-0.25, -0.2) is 0 Å². The van der Waals surface area contributed by atoms with Crippen molar-refractivity contribution in [1.29, 1.82) is 0 Å². The molecule has 0 saturated heterocycles. The second-order valence-electron chi connectivity index (χ2n) is 2.13. The maximum Gasteiger partial charge on any atom is 1.00 e. The third-order valence-corrected chi connectivity index (χ3v) is 2.09. The van der Waals surface area contributed by atoms with Crippen LogP contribution in [0.25, 0.3) is 0 Å². The molecule has 1 rings (SSSR count). The first-order chi connectivity index (χ1) is 5.41. The van der Waals surface area contributed by atoms with Gasteiger partial charge in [-0.05, 0) is 12.1 Å². The van der Waals surface area contributed by atoms with Crippen molar-refractivity contribution >= 4 is 10.1 Å². The van der Waals surface area contributed by atoms with Gasteiger partial charge >= 0.3 is 118 Å². The first kappa shape index (κ1) is 27.1. The van der Waals surface area contributed by atoms with Gasteiger partial charge in [-0.15, -0.1) is 0 Å². The molecule has 16 heavy (non-hydrogen) atoms. The summed E-state index contributed by atoms with van der Waals surface area (Å²) in [5.74, 6) is -1.03. The quantitative estimate of drug-likeness (QED) is 0.271. The predicted molar refractivity (Wildman–Crippen MR) is 44.0 cm³/mol. The summed E-state index contributed by atoms with van der Waals surface area (Å²) in [7, 11) is -4.31. The molecule has 0 atom stereocenters. The van der Waals surface area contributed by atoms with Crippen molar-refractivity contribution < 1.29 is 147 Å². The van der Waals surface area contributed by atoms with Crippen LogP contribution in [0.2, 0.25) is 0 Å². The second kappa shape index (κ2) is 11.5. The van der Waals surface area contributed by atoms with Crippen molar-refractivity contribution in [3.63, 3.8) is 0 Å². The van der Waals surface area contributed by atoms with Crippen molar-refractivity contribution in [1.82, 2.24) is 0 Å². The standard InChI is InChI=1S/C6H6O5S.4Na.4H/c7-5-2-1-4(3-6(5)8)12(9,10)11;;;;;;;;/h1-3,7-8H,(H,9,10,11);;;;;;;;/q;4*+1;4*-1. The fourth-order valence-corrected chi connectivity index (χ4v) is 1.16. The molecular formula is C6H10Na4O5S. The normalized spacial score (nSPS) is 8.56. The van der Waals surface area contributed by atoms with Crippen LogP contribution in [0.4, 0.5) is 0 Å². The van der Waals surface area contributed by atoms with Crippen LogP contribution < -0.4 is 118 Å². The zero-order valence-corrected chi connectivity index (χ0v) is 18.6. The van der Waals surface area contributed by atoms with Crippen molar-refractivity contribution in [2.24, 2.45) is 0 Å². The van der Waals surface area contributed by atoms with Gasteiger partial charge in [-0.1, -0.05) is 0 Å². The molecule has 0 aliphatic rings. The largest absolute Gasteiger partial charge is 1.00 e. The molecule has 3 N–H and O–H groups in total. The Balaban J connectivity index is -0.0000000300. The molecule has 0 aliphatic heterocycles. The van der Waals surface area contributed by atoms with E-state index in [1.165, 1.54) is 0 Å². The maximum atomic E-state index is 10.5. The first-order valence-electron chi connectivity index (χ1n) is 2.91. The van der Waals surface area contributed by atoms with Crippen molar-refractivity contribution in [3.05, 3.63) is 18.2 Å². The zero-order chi connectivity index (χ0) is 9.35. The monoisotopic (exact) mass is 286 g/mol. The van der Waals surface area contributed by atoms with Gasteiger partial charge in [0.15, 0.2) is 11.5 Å². The molecular weight excluding hydrogens is 276 g/mol. The summed E-state index contributed by atoms with van der Waals surface area (Å²) in [6, 6.07) is 2.70. The maximum absolute atomic E-state index is 10.5. The minimum Gasteiger partial charge on any atom is -1.00 e. The van der Waals surface area contributed by atoms with Crippen LogP contribution in [0.3, 0.4) is 0 Å². The molecule has 10 heteroatoms. The van der Waals surface area contributed by atoms with Crippen LogP contribution >= 0.6 is 0 Å². The van der Waals surface area contributed by atoms with Crippen LogP contribution in [0.15, 0.2) is 23.1 Å². The van der Waals surface area contributed by atoms with Gasteiger partial charge in [0.05, 0.1) is 4.90 Å². The number of hydrogen-bond donors (Lipinski definition) is 3. The summed E-state index contributed by atoms with van der Waals surface area (Å²) >= 11 is 0. The van der Waals surface area contributed by atoms with Gasteiger partial charge in [0.2, 0.25) is 0 Å². The Bertz CT molecular complexity index is 422. The van der Waals surface area contributed by atoms with E-state index in [0.29, 0.717) is 0 Å². The van der Waals surface area contributed by atoms with E-state index < -0.39 is 26.5 Å². The van der Waals surface area contributed by atoms with Crippen LogP contribution in [-0.2, 0) is 10.1 Å². The summed E-state index contributed by atoms with van der Waals surface area (Å²) in [5.41, 5.74) is 0. The minimum atomic E-state index is -4.31. The molecule has 1 aromatic carbocycles. The van der Waals surface area contributed by atoms with E-state index >= 15 is 0 Å². The van der Waals surface area contributed by atoms with Gasteiger partial charge in [-0.2, -0.15) is 8.42 Å². The molecule has 0 saturated carbocycles. The Morgan fingerprint density at radius 1 is 0.938 bits per heavy atom. The van der Waals surface area contributed by atoms with E-state index in [-0.39, 0.29) is 124 Å². The Kier molecular flexibility index (Phi) is 19.6. The van der Waals surface area contributed by atoms with E-state index in [1.807, 2.05) is 0 Å². The summed E-state index contributed by atoms with van der Waals surface area (Å²) in [6.45, 7) is 0. The van der Waals surface area contributed by atoms with E-state index in [9.17, 15) is 8.42 Å². The Morgan fingerprint density at radius 2 is 1.38 bits per heavy atom. The second-order valence-corrected chi connectivity index (χ2v) is 3.55. The molecule has 0 aliphatic carbocycles. The van der Waals surface area contributed by atoms with Crippen LogP contribution in [0.5, 0.6) is 11.5 Å². The summed E-state index contributed by atoms with van der Waals surface area (Å²) in [4.78, 5) is -0.460. The van der Waals surface area contributed by atoms with Crippen LogP contribution in [0, 0.1) is 0 Å². The third-order valence-electron chi connectivity index (χ3n) is 1.24. The molecule has 0 radical (unpaired) electrons. The molecule has 1 aromatic rings. The number of benzene rings is 1. The summed E-state index contributed by atoms with van der Waals surface area (Å²) in [6.07, 6.45) is 0. The molecule has 0 aromatic heterocycles. The van der Waals surface area contributed by atoms with Gasteiger partial charge < -0.3 is 15.9 Å². The smallest absolute Gasteiger partial charge is 1.00 e. The van der Waals surface area contributed by atoms with Gasteiger partial charge in [-0.3, -0.25) is 4.55 Å². The number of phenolic OH excluding ortho intramolecular Hbond substituents is 2. The van der Waals surface area contributed by atoms with Gasteiger partial charge in [0, 0.05) is 6.07 Å². The fraction of sp³-hybridized carbons (Fsp3) is 0. The van der Waals surface area contributed by atoms with Crippen LogP contribution in [-0.4, -0.2) is 23.2 Å². The SMILES string of the molecule is O=S(=O)(O)c1ccc(O)c(O)c1.[H-].[H-].[H-].[H-].[Na+].[Na+].[Na+].[Na+]. The Morgan fingerprint density at radius 3 is 1.69 bits per heavy atom. The summed E-state index contributed by atoms with van der Waals surface area (Å²) < 4.78 is 29.4. The number of phenols is 2. The third kappa shape index (κ3) is 8.77. The van der Waals surface area contributed by atoms with E-state index in [4.69, 9.17) is 14.8 Å². The average molecular weight is 286 g/mol. The predicted octanol–water partition coefficient (Wildman–Crippen LogP) is -11.2. The van der Waals surface area contributed by atoms with E-state index in [2.05, 4.69) is 0 Å². The van der Waals surface area contributed by atoms with Crippen molar-refractivity contribution in [2.75, 3.05) is 0 Å². The zero-order valence-electron chi connectivity index (χ0n) is 13.8. The van der Waals surface area contributed by atoms with Gasteiger partial charge in [0.25, 0.3) is 10.1 Å². The Labute approximate surface area is 188 Å². The first-order valence-corrected chi connectivity index (χ1v) is 4.35. The van der Waals surface area contributed by atoms with Crippen LogP contribution in [0.1, 0.15) is 5.71 Å². The molecule has 5 nitrogen and oxygen atoms in total. The molecule has 0 spiro atoms. The number of rotatable bonds is 1. The molecule has 0 fully saturated rings. The molecule has 0 unspecified atom stereocenters. The van der Waals surface area contributed by atoms with Gasteiger partial charge in [0.1, 0.15) is 0 Å². The summed E-state index contributed by atoms with van der Waals surface area (Å²) in [5, 5.41) is 17.6. The average Bonchev–Trinajstić information content (AvgIpc) is 1.92. The van der Waals surface area contributed by atoms with E-state index in [1.54, 1.807) is 0 Å². The topological polar surface area (TPSA) is 94.8 Å². The fourth-order valence-electron chi connectivity index (χ4n) is 0.664. The molecule has 74 valence electrons. The number of hydrogen-bond acceptors (Lipinski definition) is 4.